The van der Waals surface area contributed by atoms with Crippen LogP contribution < -0.4 is 5.73 Å². The van der Waals surface area contributed by atoms with E-state index in [-0.39, 0.29) is 0 Å². The van der Waals surface area contributed by atoms with Gasteiger partial charge in [-0.05, 0) is 12.7 Å². The lowest BCUT2D eigenvalue weighted by Gasteiger charge is -2.03. The Bertz CT molecular complexity index is 66.6. The summed E-state index contributed by atoms with van der Waals surface area (Å²) in [5.41, 5.74) is 5.58. The van der Waals surface area contributed by atoms with Crippen molar-refractivity contribution in [2.24, 2.45) is 5.73 Å². The van der Waals surface area contributed by atoms with Crippen LogP contribution in [0.3, 0.4) is 0 Å². The highest BCUT2D eigenvalue weighted by atomic mass is 32.2. The van der Waals surface area contributed by atoms with Crippen molar-refractivity contribution < 1.29 is 0 Å². The number of hydrogen-bond acceptors (Lipinski definition) is 3. The first-order valence-corrected chi connectivity index (χ1v) is 5.99. The van der Waals surface area contributed by atoms with Gasteiger partial charge >= 0.3 is 0 Å². The van der Waals surface area contributed by atoms with Crippen molar-refractivity contribution in [2.75, 3.05) is 23.0 Å². The molecule has 0 aliphatic rings. The second kappa shape index (κ2) is 7.76. The smallest absolute Gasteiger partial charge is 0.0101 e. The maximum Gasteiger partial charge on any atom is 0.0101 e. The van der Waals surface area contributed by atoms with Gasteiger partial charge in [0.15, 0.2) is 0 Å². The Morgan fingerprint density at radius 2 is 1.90 bits per heavy atom. The second-order valence-electron chi connectivity index (χ2n) is 2.25. The van der Waals surface area contributed by atoms with Crippen molar-refractivity contribution in [3.8, 4) is 0 Å². The average Bonchev–Trinajstić information content (AvgIpc) is 1.87. The average molecular weight is 179 g/mol. The number of hydrogen-bond donors (Lipinski definition) is 1. The molecule has 3 heteroatoms. The predicted octanol–water partition coefficient (Wildman–Crippen LogP) is 1.82. The van der Waals surface area contributed by atoms with Crippen molar-refractivity contribution in [1.82, 2.24) is 0 Å². The first-order chi connectivity index (χ1) is 4.77. The second-order valence-corrected chi connectivity index (χ2v) is 4.79. The van der Waals surface area contributed by atoms with Gasteiger partial charge in [-0.2, -0.15) is 23.5 Å². The summed E-state index contributed by atoms with van der Waals surface area (Å²) >= 11 is 3.95. The van der Waals surface area contributed by atoms with Gasteiger partial charge in [-0.15, -0.1) is 0 Å². The SMILES string of the molecule is CCSCCSCC(C)N. The van der Waals surface area contributed by atoms with Crippen molar-refractivity contribution in [3.63, 3.8) is 0 Å². The molecular weight excluding hydrogens is 162 g/mol. The van der Waals surface area contributed by atoms with Crippen LogP contribution in [0.4, 0.5) is 0 Å². The van der Waals surface area contributed by atoms with Gasteiger partial charge in [0.2, 0.25) is 0 Å². The standard InChI is InChI=1S/C7H17NS2/c1-3-9-4-5-10-6-7(2)8/h7H,3-6,8H2,1-2H3. The zero-order valence-corrected chi connectivity index (χ0v) is 8.43. The van der Waals surface area contributed by atoms with E-state index in [1.807, 2.05) is 23.5 Å². The molecule has 1 unspecified atom stereocenters. The lowest BCUT2D eigenvalue weighted by atomic mass is 10.4. The van der Waals surface area contributed by atoms with Gasteiger partial charge in [-0.3, -0.25) is 0 Å². The molecule has 0 aromatic rings. The molecule has 0 aliphatic heterocycles. The van der Waals surface area contributed by atoms with E-state index in [0.29, 0.717) is 6.04 Å². The van der Waals surface area contributed by atoms with Crippen LogP contribution in [0.5, 0.6) is 0 Å². The summed E-state index contributed by atoms with van der Waals surface area (Å²) in [6.45, 7) is 4.25. The highest BCUT2D eigenvalue weighted by molar-refractivity contribution is 8.02. The molecule has 0 aliphatic carbocycles. The molecule has 0 spiro atoms. The van der Waals surface area contributed by atoms with E-state index in [0.717, 1.165) is 5.75 Å². The molecule has 1 nitrogen and oxygen atoms in total. The maximum absolute atomic E-state index is 5.58. The summed E-state index contributed by atoms with van der Waals surface area (Å²) in [6.07, 6.45) is 0. The summed E-state index contributed by atoms with van der Waals surface area (Å²) in [7, 11) is 0. The molecule has 2 N–H and O–H groups in total. The Labute approximate surface area is 72.5 Å². The van der Waals surface area contributed by atoms with Crippen LogP contribution in [-0.4, -0.2) is 29.1 Å². The molecule has 10 heavy (non-hydrogen) atoms. The van der Waals surface area contributed by atoms with Crippen LogP contribution in [0, 0.1) is 0 Å². The summed E-state index contributed by atoms with van der Waals surface area (Å²) < 4.78 is 0. The van der Waals surface area contributed by atoms with E-state index in [2.05, 4.69) is 13.8 Å². The fourth-order valence-electron chi connectivity index (χ4n) is 0.531. The zero-order valence-electron chi connectivity index (χ0n) is 6.80. The van der Waals surface area contributed by atoms with E-state index >= 15 is 0 Å². The lowest BCUT2D eigenvalue weighted by molar-refractivity contribution is 0.847. The van der Waals surface area contributed by atoms with Gasteiger partial charge in [0, 0.05) is 23.3 Å². The number of rotatable bonds is 6. The van der Waals surface area contributed by atoms with Gasteiger partial charge in [0.25, 0.3) is 0 Å². The highest BCUT2D eigenvalue weighted by Gasteiger charge is 1.93. The van der Waals surface area contributed by atoms with Crippen LogP contribution in [0.15, 0.2) is 0 Å². The van der Waals surface area contributed by atoms with Crippen LogP contribution in [0.2, 0.25) is 0 Å². The largest absolute Gasteiger partial charge is 0.327 e. The quantitative estimate of drug-likeness (QED) is 0.630. The van der Waals surface area contributed by atoms with Gasteiger partial charge < -0.3 is 5.73 Å². The monoisotopic (exact) mass is 179 g/mol. The molecule has 0 bridgehead atoms. The molecule has 0 radical (unpaired) electrons. The molecule has 0 aromatic carbocycles. The molecule has 0 heterocycles. The minimum absolute atomic E-state index is 0.358. The summed E-state index contributed by atoms with van der Waals surface area (Å²) in [5, 5.41) is 0. The van der Waals surface area contributed by atoms with E-state index in [9.17, 15) is 0 Å². The summed E-state index contributed by atoms with van der Waals surface area (Å²) in [6, 6.07) is 0.358. The van der Waals surface area contributed by atoms with Crippen LogP contribution in [-0.2, 0) is 0 Å². The Balaban J connectivity index is 2.77. The van der Waals surface area contributed by atoms with E-state index in [1.165, 1.54) is 17.3 Å². The van der Waals surface area contributed by atoms with E-state index in [4.69, 9.17) is 5.73 Å². The topological polar surface area (TPSA) is 26.0 Å². The lowest BCUT2D eigenvalue weighted by Crippen LogP contribution is -2.17. The third kappa shape index (κ3) is 8.66. The molecule has 0 rings (SSSR count). The van der Waals surface area contributed by atoms with Gasteiger partial charge in [-0.25, -0.2) is 0 Å². The minimum atomic E-state index is 0.358. The molecular formula is C7H17NS2. The van der Waals surface area contributed by atoms with Crippen molar-refractivity contribution >= 4 is 23.5 Å². The molecule has 0 amide bonds. The highest BCUT2D eigenvalue weighted by Crippen LogP contribution is 2.06. The Morgan fingerprint density at radius 3 is 2.40 bits per heavy atom. The molecule has 1 atom stereocenters. The summed E-state index contributed by atoms with van der Waals surface area (Å²) in [4.78, 5) is 0. The fraction of sp³-hybridized carbons (Fsp3) is 1.00. The van der Waals surface area contributed by atoms with Crippen LogP contribution >= 0.6 is 23.5 Å². The van der Waals surface area contributed by atoms with E-state index in [1.54, 1.807) is 0 Å². The van der Waals surface area contributed by atoms with E-state index < -0.39 is 0 Å². The molecule has 0 saturated carbocycles. The van der Waals surface area contributed by atoms with Gasteiger partial charge in [0.05, 0.1) is 0 Å². The molecule has 0 aromatic heterocycles. The number of thioether (sulfide) groups is 2. The van der Waals surface area contributed by atoms with Crippen LogP contribution in [0.25, 0.3) is 0 Å². The maximum atomic E-state index is 5.58. The molecule has 0 fully saturated rings. The Kier molecular flexibility index (Phi) is 8.28. The van der Waals surface area contributed by atoms with Crippen molar-refractivity contribution in [3.05, 3.63) is 0 Å². The first kappa shape index (κ1) is 10.7. The zero-order chi connectivity index (χ0) is 7.82. The third-order valence-corrected chi connectivity index (χ3v) is 3.37. The predicted molar refractivity (Wildman–Crippen MR) is 54.0 cm³/mol. The number of nitrogens with two attached hydrogens (primary N) is 1. The third-order valence-electron chi connectivity index (χ3n) is 0.957. The first-order valence-electron chi connectivity index (χ1n) is 3.68. The molecule has 62 valence electrons. The van der Waals surface area contributed by atoms with Gasteiger partial charge in [-0.1, -0.05) is 6.92 Å². The van der Waals surface area contributed by atoms with Crippen molar-refractivity contribution in [1.29, 1.82) is 0 Å². The normalized spacial score (nSPS) is 13.5. The van der Waals surface area contributed by atoms with Crippen LogP contribution in [0.1, 0.15) is 13.8 Å². The molecule has 0 saturated heterocycles. The Hall–Kier alpha value is 0.660. The van der Waals surface area contributed by atoms with Crippen molar-refractivity contribution in [2.45, 2.75) is 19.9 Å². The Morgan fingerprint density at radius 1 is 1.30 bits per heavy atom. The minimum Gasteiger partial charge on any atom is -0.327 e. The summed E-state index contributed by atoms with van der Waals surface area (Å²) in [5.74, 6) is 4.86. The fourth-order valence-corrected chi connectivity index (χ4v) is 2.30. The van der Waals surface area contributed by atoms with Gasteiger partial charge in [0.1, 0.15) is 0 Å².